The van der Waals surface area contributed by atoms with Crippen molar-refractivity contribution < 1.29 is 19.1 Å². The van der Waals surface area contributed by atoms with Crippen LogP contribution >= 0.6 is 11.3 Å². The molecule has 8 heteroatoms. The van der Waals surface area contributed by atoms with E-state index in [0.717, 1.165) is 32.1 Å². The zero-order chi connectivity index (χ0) is 20.3. The quantitative estimate of drug-likeness (QED) is 0.464. The summed E-state index contributed by atoms with van der Waals surface area (Å²) >= 11 is 1.20. The van der Waals surface area contributed by atoms with Gasteiger partial charge in [-0.15, -0.1) is 0 Å². The summed E-state index contributed by atoms with van der Waals surface area (Å²) in [6, 6.07) is 0.330. The van der Waals surface area contributed by atoms with E-state index in [1.807, 2.05) is 4.90 Å². The Morgan fingerprint density at radius 1 is 1.29 bits per heavy atom. The molecule has 7 nitrogen and oxygen atoms in total. The predicted octanol–water partition coefficient (Wildman–Crippen LogP) is 3.16. The molecule has 0 radical (unpaired) electrons. The Morgan fingerprint density at radius 2 is 2.04 bits per heavy atom. The third-order valence-electron chi connectivity index (χ3n) is 5.22. The maximum atomic E-state index is 13.3. The number of hydrogen-bond acceptors (Lipinski definition) is 6. The fourth-order valence-corrected chi connectivity index (χ4v) is 4.55. The Labute approximate surface area is 170 Å². The Bertz CT molecular complexity index is 744. The van der Waals surface area contributed by atoms with E-state index in [-0.39, 0.29) is 24.2 Å². The van der Waals surface area contributed by atoms with E-state index < -0.39 is 5.97 Å². The molecule has 1 aromatic rings. The Hall–Kier alpha value is -1.96. The van der Waals surface area contributed by atoms with E-state index in [9.17, 15) is 14.4 Å². The number of carbonyl (C=O) groups excluding carboxylic acids is 3. The number of aryl methyl sites for hydroxylation is 1. The van der Waals surface area contributed by atoms with Gasteiger partial charge in [0.2, 0.25) is 11.8 Å². The number of anilines is 1. The van der Waals surface area contributed by atoms with Crippen LogP contribution in [0.2, 0.25) is 0 Å². The zero-order valence-corrected chi connectivity index (χ0v) is 17.7. The first kappa shape index (κ1) is 20.8. The van der Waals surface area contributed by atoms with Crippen LogP contribution in [0.5, 0.6) is 0 Å². The molecular formula is C20H29N3O4S. The molecule has 2 heterocycles. The number of unbranched alkanes of at least 4 members (excludes halogenated alkanes) is 2. The number of aromatic nitrogens is 1. The molecule has 1 aliphatic carbocycles. The van der Waals surface area contributed by atoms with Crippen molar-refractivity contribution >= 4 is 34.3 Å². The molecule has 2 aliphatic rings. The van der Waals surface area contributed by atoms with Gasteiger partial charge in [0.05, 0.1) is 18.2 Å². The van der Waals surface area contributed by atoms with Crippen LogP contribution in [-0.4, -0.2) is 53.4 Å². The van der Waals surface area contributed by atoms with Gasteiger partial charge in [-0.05, 0) is 33.1 Å². The van der Waals surface area contributed by atoms with Gasteiger partial charge in [0.1, 0.15) is 4.88 Å². The number of hydrogen-bond donors (Lipinski definition) is 0. The monoisotopic (exact) mass is 407 g/mol. The largest absolute Gasteiger partial charge is 0.462 e. The third-order valence-corrected chi connectivity index (χ3v) is 6.38. The number of amides is 2. The van der Waals surface area contributed by atoms with Crippen molar-refractivity contribution in [1.82, 2.24) is 9.88 Å². The highest BCUT2D eigenvalue weighted by Gasteiger charge is 2.43. The van der Waals surface area contributed by atoms with Crippen LogP contribution in [0.4, 0.5) is 5.13 Å². The minimum Gasteiger partial charge on any atom is -0.462 e. The molecule has 2 fully saturated rings. The van der Waals surface area contributed by atoms with Crippen molar-refractivity contribution in [2.24, 2.45) is 5.92 Å². The maximum absolute atomic E-state index is 13.3. The summed E-state index contributed by atoms with van der Waals surface area (Å²) in [5.74, 6) is -0.709. The number of likely N-dealkylation sites (tertiary alicyclic amines) is 1. The molecule has 1 aliphatic heterocycles. The first-order valence-corrected chi connectivity index (χ1v) is 11.0. The molecule has 1 saturated carbocycles. The van der Waals surface area contributed by atoms with Crippen LogP contribution in [0.3, 0.4) is 0 Å². The number of rotatable bonds is 9. The normalized spacial score (nSPS) is 19.2. The summed E-state index contributed by atoms with van der Waals surface area (Å²) in [5, 5.41) is 0.527. The van der Waals surface area contributed by atoms with E-state index >= 15 is 0 Å². The molecule has 154 valence electrons. The van der Waals surface area contributed by atoms with E-state index in [0.29, 0.717) is 41.4 Å². The average molecular weight is 408 g/mol. The Balaban J connectivity index is 1.78. The van der Waals surface area contributed by atoms with Gasteiger partial charge in [0.15, 0.2) is 5.13 Å². The minimum atomic E-state index is -0.402. The Kier molecular flexibility index (Phi) is 6.69. The van der Waals surface area contributed by atoms with Gasteiger partial charge in [0.25, 0.3) is 0 Å². The second-order valence-corrected chi connectivity index (χ2v) is 8.48. The van der Waals surface area contributed by atoms with Crippen molar-refractivity contribution in [3.05, 3.63) is 10.6 Å². The van der Waals surface area contributed by atoms with Crippen LogP contribution in [0.25, 0.3) is 0 Å². The Morgan fingerprint density at radius 3 is 2.68 bits per heavy atom. The topological polar surface area (TPSA) is 79.8 Å². The maximum Gasteiger partial charge on any atom is 0.350 e. The average Bonchev–Trinajstić information content (AvgIpc) is 3.32. The van der Waals surface area contributed by atoms with Gasteiger partial charge in [-0.1, -0.05) is 31.1 Å². The predicted molar refractivity (Wildman–Crippen MR) is 108 cm³/mol. The second kappa shape index (κ2) is 9.03. The lowest BCUT2D eigenvalue weighted by atomic mass is 10.1. The highest BCUT2D eigenvalue weighted by Crippen LogP contribution is 2.35. The first-order valence-electron chi connectivity index (χ1n) is 10.2. The van der Waals surface area contributed by atoms with Crippen molar-refractivity contribution in [1.29, 1.82) is 0 Å². The van der Waals surface area contributed by atoms with Gasteiger partial charge < -0.3 is 9.64 Å². The van der Waals surface area contributed by atoms with E-state index in [4.69, 9.17) is 4.74 Å². The smallest absolute Gasteiger partial charge is 0.350 e. The summed E-state index contributed by atoms with van der Waals surface area (Å²) in [6.45, 7) is 6.98. The first-order chi connectivity index (χ1) is 13.5. The fraction of sp³-hybridized carbons (Fsp3) is 0.700. The van der Waals surface area contributed by atoms with Crippen molar-refractivity contribution in [3.8, 4) is 0 Å². The lowest BCUT2D eigenvalue weighted by Crippen LogP contribution is -2.38. The van der Waals surface area contributed by atoms with Crippen molar-refractivity contribution in [2.75, 3.05) is 24.6 Å². The summed E-state index contributed by atoms with van der Waals surface area (Å²) in [5.41, 5.74) is 0.578. The molecule has 0 aromatic carbocycles. The molecule has 0 spiro atoms. The van der Waals surface area contributed by atoms with Crippen LogP contribution in [-0.2, 0) is 14.3 Å². The molecule has 1 saturated heterocycles. The standard InChI is InChI=1S/C20H29N3O4S/c1-4-6-7-10-22(20-21-13(3)17(28-20)19(26)27-5-2)18(25)14-11-16(24)23(12-14)15-8-9-15/h14-15H,4-12H2,1-3H3. The van der Waals surface area contributed by atoms with Gasteiger partial charge in [0, 0.05) is 25.6 Å². The van der Waals surface area contributed by atoms with Crippen LogP contribution in [0.1, 0.15) is 67.7 Å². The second-order valence-electron chi connectivity index (χ2n) is 7.51. The highest BCUT2D eigenvalue weighted by molar-refractivity contribution is 7.17. The number of carbonyl (C=O) groups is 3. The number of esters is 1. The molecule has 2 amide bonds. The molecule has 0 N–H and O–H groups in total. The molecule has 28 heavy (non-hydrogen) atoms. The molecule has 1 aromatic heterocycles. The molecule has 0 bridgehead atoms. The number of thiazole rings is 1. The van der Waals surface area contributed by atoms with E-state index in [2.05, 4.69) is 11.9 Å². The summed E-state index contributed by atoms with van der Waals surface area (Å²) in [4.78, 5) is 46.2. The van der Waals surface area contributed by atoms with Gasteiger partial charge in [-0.3, -0.25) is 14.5 Å². The third kappa shape index (κ3) is 4.54. The SMILES string of the molecule is CCCCCN(C(=O)C1CC(=O)N(C2CC2)C1)c1nc(C)c(C(=O)OCC)s1. The number of nitrogens with zero attached hydrogens (tertiary/aromatic N) is 3. The lowest BCUT2D eigenvalue weighted by molar-refractivity contribution is -0.128. The van der Waals surface area contributed by atoms with Crippen LogP contribution in [0.15, 0.2) is 0 Å². The van der Waals surface area contributed by atoms with Crippen molar-refractivity contribution in [2.45, 2.75) is 65.3 Å². The van der Waals surface area contributed by atoms with E-state index in [1.54, 1.807) is 18.7 Å². The van der Waals surface area contributed by atoms with Gasteiger partial charge >= 0.3 is 5.97 Å². The molecule has 3 rings (SSSR count). The molecular weight excluding hydrogens is 378 g/mol. The zero-order valence-electron chi connectivity index (χ0n) is 16.9. The van der Waals surface area contributed by atoms with Crippen LogP contribution < -0.4 is 4.90 Å². The number of ether oxygens (including phenoxy) is 1. The molecule has 1 unspecified atom stereocenters. The van der Waals surface area contributed by atoms with E-state index in [1.165, 1.54) is 11.3 Å². The molecule has 1 atom stereocenters. The van der Waals surface area contributed by atoms with Gasteiger partial charge in [-0.2, -0.15) is 0 Å². The highest BCUT2D eigenvalue weighted by atomic mass is 32.1. The lowest BCUT2D eigenvalue weighted by Gasteiger charge is -2.23. The summed E-state index contributed by atoms with van der Waals surface area (Å²) < 4.78 is 5.10. The summed E-state index contributed by atoms with van der Waals surface area (Å²) in [6.07, 6.45) is 5.28. The summed E-state index contributed by atoms with van der Waals surface area (Å²) in [7, 11) is 0. The fourth-order valence-electron chi connectivity index (χ4n) is 3.56. The van der Waals surface area contributed by atoms with Crippen LogP contribution in [0, 0.1) is 12.8 Å². The minimum absolute atomic E-state index is 0.0586. The van der Waals surface area contributed by atoms with Crippen molar-refractivity contribution in [3.63, 3.8) is 0 Å². The van der Waals surface area contributed by atoms with Gasteiger partial charge in [-0.25, -0.2) is 9.78 Å².